The lowest BCUT2D eigenvalue weighted by atomic mass is 9.81. The zero-order chi connectivity index (χ0) is 25.1. The highest BCUT2D eigenvalue weighted by atomic mass is 16.5. The molecule has 1 saturated heterocycles. The van der Waals surface area contributed by atoms with Crippen molar-refractivity contribution >= 4 is 16.9 Å². The summed E-state index contributed by atoms with van der Waals surface area (Å²) in [6.07, 6.45) is 8.89. The molecule has 9 heteroatoms. The number of H-pyrrole nitrogens is 1. The highest BCUT2D eigenvalue weighted by molar-refractivity contribution is 5.93. The number of methoxy groups -OCH3 is 1. The van der Waals surface area contributed by atoms with Crippen molar-refractivity contribution in [3.8, 4) is 28.3 Å². The van der Waals surface area contributed by atoms with Crippen molar-refractivity contribution in [1.29, 1.82) is 0 Å². The number of hydrogen-bond acceptors (Lipinski definition) is 6. The summed E-state index contributed by atoms with van der Waals surface area (Å²) in [6, 6.07) is 8.56. The van der Waals surface area contributed by atoms with Crippen molar-refractivity contribution in [3.63, 3.8) is 0 Å². The van der Waals surface area contributed by atoms with Gasteiger partial charge in [0.2, 0.25) is 5.91 Å². The quantitative estimate of drug-likeness (QED) is 0.436. The number of likely N-dealkylation sites (tertiary alicyclic amines) is 1. The maximum Gasteiger partial charge on any atom is 0.225 e. The van der Waals surface area contributed by atoms with Gasteiger partial charge < -0.3 is 14.7 Å². The lowest BCUT2D eigenvalue weighted by Gasteiger charge is -2.33. The van der Waals surface area contributed by atoms with Gasteiger partial charge in [-0.15, -0.1) is 0 Å². The van der Waals surface area contributed by atoms with Crippen molar-refractivity contribution < 1.29 is 14.6 Å². The smallest absolute Gasteiger partial charge is 0.225 e. The number of benzene rings is 1. The van der Waals surface area contributed by atoms with E-state index in [2.05, 4.69) is 33.5 Å². The molecule has 0 radical (unpaired) electrons. The van der Waals surface area contributed by atoms with E-state index in [9.17, 15) is 9.90 Å². The number of hydrogen-bond donors (Lipinski definition) is 2. The molecule has 190 valence electrons. The van der Waals surface area contributed by atoms with E-state index < -0.39 is 0 Å². The van der Waals surface area contributed by atoms with Crippen molar-refractivity contribution in [3.05, 3.63) is 47.8 Å². The van der Waals surface area contributed by atoms with Gasteiger partial charge in [0, 0.05) is 42.4 Å². The highest BCUT2D eigenvalue weighted by Gasteiger charge is 2.38. The van der Waals surface area contributed by atoms with E-state index >= 15 is 0 Å². The Hall–Kier alpha value is -3.72. The van der Waals surface area contributed by atoms with E-state index in [1.165, 1.54) is 17.5 Å². The number of nitrogens with one attached hydrogen (secondary N) is 1. The second kappa shape index (κ2) is 8.69. The number of aliphatic hydroxyl groups is 1. The van der Waals surface area contributed by atoms with E-state index in [-0.39, 0.29) is 24.0 Å². The van der Waals surface area contributed by atoms with Gasteiger partial charge >= 0.3 is 0 Å². The number of carbonyl (C=O) groups excluding carboxylic acids is 1. The Labute approximate surface area is 214 Å². The van der Waals surface area contributed by atoms with Crippen LogP contribution < -0.4 is 4.74 Å². The Kier molecular flexibility index (Phi) is 5.28. The van der Waals surface area contributed by atoms with Gasteiger partial charge in [-0.05, 0) is 49.7 Å². The standard InChI is InChI=1S/C28H30N6O3/c1-37-24-12-23-27(30-26(24)22-7-3-5-16-4-2-6-21(16)22)25(32-31-23)18-13-29-34(14-18)19-8-9-33(15-19)28(36)17-10-20(35)11-17/h3,5,7,12-14,17,19-20,35H,2,4,6,8-11,15H2,1H3,(H,31,32)/t17-,19-,20-/m0/s1. The van der Waals surface area contributed by atoms with Crippen LogP contribution in [-0.4, -0.2) is 67.2 Å². The molecule has 2 aliphatic carbocycles. The van der Waals surface area contributed by atoms with E-state index in [0.717, 1.165) is 65.1 Å². The fraction of sp³-hybridized carbons (Fsp3) is 0.429. The van der Waals surface area contributed by atoms with E-state index in [0.29, 0.717) is 19.4 Å². The molecule has 0 unspecified atom stereocenters. The summed E-state index contributed by atoms with van der Waals surface area (Å²) in [5.74, 6) is 0.866. The Balaban J connectivity index is 1.19. The Bertz CT molecular complexity index is 1500. The molecule has 4 aromatic rings. The summed E-state index contributed by atoms with van der Waals surface area (Å²) in [4.78, 5) is 19.7. The minimum absolute atomic E-state index is 0.0274. The molecule has 4 heterocycles. The number of rotatable bonds is 5. The van der Waals surface area contributed by atoms with Crippen LogP contribution in [0.25, 0.3) is 33.5 Å². The zero-order valence-electron chi connectivity index (χ0n) is 20.9. The molecule has 9 nitrogen and oxygen atoms in total. The lowest BCUT2D eigenvalue weighted by Crippen LogP contribution is -2.42. The average molecular weight is 499 g/mol. The van der Waals surface area contributed by atoms with Gasteiger partial charge in [-0.25, -0.2) is 4.98 Å². The topological polar surface area (TPSA) is 109 Å². The molecular weight excluding hydrogens is 468 g/mol. The molecule has 3 aliphatic rings. The van der Waals surface area contributed by atoms with Crippen molar-refractivity contribution in [2.45, 2.75) is 50.7 Å². The van der Waals surface area contributed by atoms with Crippen LogP contribution in [0.15, 0.2) is 36.7 Å². The van der Waals surface area contributed by atoms with Gasteiger partial charge in [0.15, 0.2) is 0 Å². The fourth-order valence-corrected chi connectivity index (χ4v) is 6.19. The molecular formula is C28H30N6O3. The molecule has 1 saturated carbocycles. The molecule has 1 amide bonds. The first kappa shape index (κ1) is 22.5. The van der Waals surface area contributed by atoms with Gasteiger partial charge in [-0.2, -0.15) is 10.2 Å². The first-order valence-electron chi connectivity index (χ1n) is 13.1. The molecule has 37 heavy (non-hydrogen) atoms. The fourth-order valence-electron chi connectivity index (χ4n) is 6.19. The third-order valence-corrected chi connectivity index (χ3v) is 8.31. The first-order chi connectivity index (χ1) is 18.1. The Morgan fingerprint density at radius 2 is 2.11 bits per heavy atom. The predicted molar refractivity (Wildman–Crippen MR) is 138 cm³/mol. The van der Waals surface area contributed by atoms with Crippen LogP contribution in [0.4, 0.5) is 0 Å². The SMILES string of the molecule is COc1cc2[nH]nc(-c3cnn([C@H]4CCN(C(=O)[C@H]5C[C@H](O)C5)C4)c3)c2nc1-c1cccc2c1CCC2. The van der Waals surface area contributed by atoms with Gasteiger partial charge in [-0.3, -0.25) is 14.6 Å². The van der Waals surface area contributed by atoms with Crippen molar-refractivity contribution in [1.82, 2.24) is 29.9 Å². The van der Waals surface area contributed by atoms with Crippen molar-refractivity contribution in [2.75, 3.05) is 20.2 Å². The Morgan fingerprint density at radius 1 is 1.22 bits per heavy atom. The van der Waals surface area contributed by atoms with Crippen molar-refractivity contribution in [2.24, 2.45) is 5.92 Å². The number of amides is 1. The minimum atomic E-state index is -0.318. The molecule has 0 bridgehead atoms. The normalized spacial score (nSPS) is 22.9. The number of aliphatic hydroxyl groups excluding tert-OH is 1. The molecule has 3 aromatic heterocycles. The van der Waals surface area contributed by atoms with Crippen LogP contribution in [0.5, 0.6) is 5.75 Å². The largest absolute Gasteiger partial charge is 0.494 e. The average Bonchev–Trinajstić information content (AvgIpc) is 3.70. The summed E-state index contributed by atoms with van der Waals surface area (Å²) < 4.78 is 7.70. The maximum atomic E-state index is 12.7. The van der Waals surface area contributed by atoms with Gasteiger partial charge in [0.05, 0.1) is 31.0 Å². The second-order valence-corrected chi connectivity index (χ2v) is 10.6. The van der Waals surface area contributed by atoms with Crippen LogP contribution in [-0.2, 0) is 17.6 Å². The summed E-state index contributed by atoms with van der Waals surface area (Å²) >= 11 is 0. The molecule has 1 aliphatic heterocycles. The molecule has 7 rings (SSSR count). The molecule has 1 atom stereocenters. The number of aromatic amines is 1. The van der Waals surface area contributed by atoms with E-state index in [1.54, 1.807) is 7.11 Å². The highest BCUT2D eigenvalue weighted by Crippen LogP contribution is 2.39. The summed E-state index contributed by atoms with van der Waals surface area (Å²) in [6.45, 7) is 1.37. The summed E-state index contributed by atoms with van der Waals surface area (Å²) in [5.41, 5.74) is 7.98. The zero-order valence-corrected chi connectivity index (χ0v) is 20.9. The van der Waals surface area contributed by atoms with Crippen LogP contribution in [0.2, 0.25) is 0 Å². The second-order valence-electron chi connectivity index (χ2n) is 10.6. The number of ether oxygens (including phenoxy) is 1. The first-order valence-corrected chi connectivity index (χ1v) is 13.1. The number of carbonyl (C=O) groups is 1. The number of nitrogens with zero attached hydrogens (tertiary/aromatic N) is 5. The van der Waals surface area contributed by atoms with Gasteiger partial charge in [0.25, 0.3) is 0 Å². The minimum Gasteiger partial charge on any atom is -0.494 e. The summed E-state index contributed by atoms with van der Waals surface area (Å²) in [5, 5.41) is 21.9. The van der Waals surface area contributed by atoms with Gasteiger partial charge in [0.1, 0.15) is 22.7 Å². The summed E-state index contributed by atoms with van der Waals surface area (Å²) in [7, 11) is 1.68. The third kappa shape index (κ3) is 3.71. The van der Waals surface area contributed by atoms with Gasteiger partial charge in [-0.1, -0.05) is 18.2 Å². The molecule has 2 N–H and O–H groups in total. The lowest BCUT2D eigenvalue weighted by molar-refractivity contribution is -0.141. The number of fused-ring (bicyclic) bond motifs is 2. The number of pyridine rings is 1. The number of aromatic nitrogens is 5. The van der Waals surface area contributed by atoms with Crippen LogP contribution in [0, 0.1) is 5.92 Å². The van der Waals surface area contributed by atoms with E-state index in [4.69, 9.17) is 9.72 Å². The van der Waals surface area contributed by atoms with Crippen LogP contribution >= 0.6 is 0 Å². The molecule has 0 spiro atoms. The van der Waals surface area contributed by atoms with Crippen LogP contribution in [0.3, 0.4) is 0 Å². The van der Waals surface area contributed by atoms with Crippen LogP contribution in [0.1, 0.15) is 42.9 Å². The maximum absolute atomic E-state index is 12.7. The molecule has 1 aromatic carbocycles. The monoisotopic (exact) mass is 498 g/mol. The third-order valence-electron chi connectivity index (χ3n) is 8.31. The Morgan fingerprint density at radius 3 is 2.95 bits per heavy atom. The molecule has 2 fully saturated rings. The number of aryl methyl sites for hydroxylation is 1. The predicted octanol–water partition coefficient (Wildman–Crippen LogP) is 3.53. The van der Waals surface area contributed by atoms with E-state index in [1.807, 2.05) is 28.0 Å².